The Labute approximate surface area is 158 Å². The van der Waals surface area contributed by atoms with Crippen molar-refractivity contribution in [3.8, 4) is 5.69 Å². The zero-order valence-electron chi connectivity index (χ0n) is 15.4. The summed E-state index contributed by atoms with van der Waals surface area (Å²) in [5.41, 5.74) is 1.87. The fourth-order valence-electron chi connectivity index (χ4n) is 3.68. The lowest BCUT2D eigenvalue weighted by Crippen LogP contribution is -2.35. The van der Waals surface area contributed by atoms with Crippen molar-refractivity contribution < 1.29 is 9.21 Å². The number of carbonyl (C=O) groups excluding carboxylic acids is 1. The molecule has 1 atom stereocenters. The molecule has 27 heavy (non-hydrogen) atoms. The van der Waals surface area contributed by atoms with E-state index in [0.717, 1.165) is 55.1 Å². The van der Waals surface area contributed by atoms with Gasteiger partial charge in [0.1, 0.15) is 5.76 Å². The van der Waals surface area contributed by atoms with Gasteiger partial charge < -0.3 is 9.32 Å². The number of nitrogens with zero attached hydrogens (tertiary/aromatic N) is 5. The zero-order chi connectivity index (χ0) is 18.6. The minimum absolute atomic E-state index is 0.0399. The van der Waals surface area contributed by atoms with Gasteiger partial charge in [0.2, 0.25) is 5.91 Å². The lowest BCUT2D eigenvalue weighted by molar-refractivity contribution is -0.133. The van der Waals surface area contributed by atoms with Crippen LogP contribution in [0.5, 0.6) is 0 Å². The highest BCUT2D eigenvalue weighted by molar-refractivity contribution is 5.79. The average molecular weight is 365 g/mol. The van der Waals surface area contributed by atoms with E-state index in [0.29, 0.717) is 6.42 Å². The lowest BCUT2D eigenvalue weighted by atomic mass is 10.1. The number of furan rings is 1. The summed E-state index contributed by atoms with van der Waals surface area (Å²) in [5.74, 6) is 1.75. The number of likely N-dealkylation sites (tertiary alicyclic amines) is 1. The molecule has 4 rings (SSSR count). The second kappa shape index (κ2) is 7.73. The first-order valence-corrected chi connectivity index (χ1v) is 9.39. The predicted molar refractivity (Wildman–Crippen MR) is 99.2 cm³/mol. The van der Waals surface area contributed by atoms with Crippen molar-refractivity contribution in [2.75, 3.05) is 6.54 Å². The topological polar surface area (TPSA) is 77.1 Å². The first-order valence-electron chi connectivity index (χ1n) is 9.39. The molecule has 1 saturated heterocycles. The van der Waals surface area contributed by atoms with Crippen LogP contribution < -0.4 is 0 Å². The molecular weight excluding hydrogens is 342 g/mol. The molecule has 0 unspecified atom stereocenters. The van der Waals surface area contributed by atoms with Gasteiger partial charge in [-0.05, 0) is 60.0 Å². The van der Waals surface area contributed by atoms with Crippen LogP contribution in [0.25, 0.3) is 5.69 Å². The van der Waals surface area contributed by atoms with Gasteiger partial charge in [0.05, 0.1) is 24.4 Å². The number of hydrogen-bond acceptors (Lipinski definition) is 5. The number of hydrogen-bond donors (Lipinski definition) is 0. The van der Waals surface area contributed by atoms with E-state index in [9.17, 15) is 4.79 Å². The summed E-state index contributed by atoms with van der Waals surface area (Å²) in [5, 5.41) is 11.5. The van der Waals surface area contributed by atoms with Gasteiger partial charge in [-0.2, -0.15) is 4.68 Å². The molecule has 3 aromatic rings. The first kappa shape index (κ1) is 17.5. The standard InChI is InChI=1S/C20H23N5O2/c1-15-21-22-23-25(15)17-10-8-16(9-11-17)14-20(26)24-12-4-2-3-6-18(24)19-7-5-13-27-19/h5,7-11,13,18H,2-4,6,12,14H2,1H3/t18-/m0/s1. The minimum atomic E-state index is 0.0399. The first-order chi connectivity index (χ1) is 13.2. The van der Waals surface area contributed by atoms with E-state index in [1.165, 1.54) is 0 Å². The predicted octanol–water partition coefficient (Wildman–Crippen LogP) is 3.25. The quantitative estimate of drug-likeness (QED) is 0.709. The third-order valence-corrected chi connectivity index (χ3v) is 5.11. The van der Waals surface area contributed by atoms with Crippen LogP contribution in [-0.2, 0) is 11.2 Å². The third kappa shape index (κ3) is 3.77. The summed E-state index contributed by atoms with van der Waals surface area (Å²) in [6, 6.07) is 11.7. The van der Waals surface area contributed by atoms with Crippen LogP contribution in [0, 0.1) is 6.92 Å². The molecule has 0 bridgehead atoms. The highest BCUT2D eigenvalue weighted by Gasteiger charge is 2.28. The largest absolute Gasteiger partial charge is 0.467 e. The maximum absolute atomic E-state index is 13.0. The van der Waals surface area contributed by atoms with Gasteiger partial charge in [0.15, 0.2) is 5.82 Å². The monoisotopic (exact) mass is 365 g/mol. The number of rotatable bonds is 4. The summed E-state index contributed by atoms with van der Waals surface area (Å²) in [6.07, 6.45) is 6.34. The Bertz CT molecular complexity index is 886. The van der Waals surface area contributed by atoms with E-state index in [4.69, 9.17) is 4.42 Å². The molecular formula is C20H23N5O2. The molecule has 1 aliphatic heterocycles. The fourth-order valence-corrected chi connectivity index (χ4v) is 3.68. The average Bonchev–Trinajstić information content (AvgIpc) is 3.29. The summed E-state index contributed by atoms with van der Waals surface area (Å²) < 4.78 is 7.29. The molecule has 0 aliphatic carbocycles. The normalized spacial score (nSPS) is 17.7. The van der Waals surface area contributed by atoms with Gasteiger partial charge in [0, 0.05) is 6.54 Å². The maximum atomic E-state index is 13.0. The van der Waals surface area contributed by atoms with Crippen LogP contribution in [0.2, 0.25) is 0 Å². The van der Waals surface area contributed by atoms with E-state index in [1.54, 1.807) is 10.9 Å². The van der Waals surface area contributed by atoms with E-state index in [2.05, 4.69) is 15.5 Å². The smallest absolute Gasteiger partial charge is 0.227 e. The number of benzene rings is 1. The van der Waals surface area contributed by atoms with Gasteiger partial charge >= 0.3 is 0 Å². The molecule has 0 spiro atoms. The number of carbonyl (C=O) groups is 1. The van der Waals surface area contributed by atoms with Crippen molar-refractivity contribution in [2.45, 2.75) is 45.1 Å². The molecule has 0 saturated carbocycles. The van der Waals surface area contributed by atoms with Crippen molar-refractivity contribution in [2.24, 2.45) is 0 Å². The molecule has 1 fully saturated rings. The van der Waals surface area contributed by atoms with Crippen molar-refractivity contribution in [1.29, 1.82) is 0 Å². The Hall–Kier alpha value is -2.96. The SMILES string of the molecule is Cc1nnnn1-c1ccc(CC(=O)N2CCCCC[C@H]2c2ccco2)cc1. The third-order valence-electron chi connectivity index (χ3n) is 5.11. The summed E-state index contributed by atoms with van der Waals surface area (Å²) in [4.78, 5) is 15.0. The van der Waals surface area contributed by atoms with Crippen LogP contribution in [0.4, 0.5) is 0 Å². The highest BCUT2D eigenvalue weighted by Crippen LogP contribution is 2.31. The van der Waals surface area contributed by atoms with Gasteiger partial charge in [-0.15, -0.1) is 5.10 Å². The van der Waals surface area contributed by atoms with Gasteiger partial charge in [-0.3, -0.25) is 4.79 Å². The van der Waals surface area contributed by atoms with Crippen molar-refractivity contribution in [3.05, 3.63) is 59.8 Å². The Kier molecular flexibility index (Phi) is 5.00. The molecule has 1 amide bonds. The summed E-state index contributed by atoms with van der Waals surface area (Å²) in [6.45, 7) is 2.64. The summed E-state index contributed by atoms with van der Waals surface area (Å²) >= 11 is 0. The van der Waals surface area contributed by atoms with Crippen LogP contribution in [0.3, 0.4) is 0 Å². The second-order valence-corrected chi connectivity index (χ2v) is 6.95. The van der Waals surface area contributed by atoms with E-state index >= 15 is 0 Å². The Balaban J connectivity index is 1.49. The van der Waals surface area contributed by atoms with Gasteiger partial charge in [-0.1, -0.05) is 25.0 Å². The molecule has 3 heterocycles. The van der Waals surface area contributed by atoms with Crippen LogP contribution in [-0.4, -0.2) is 37.6 Å². The van der Waals surface area contributed by atoms with Gasteiger partial charge in [-0.25, -0.2) is 0 Å². The Morgan fingerprint density at radius 2 is 2.04 bits per heavy atom. The Morgan fingerprint density at radius 3 is 2.74 bits per heavy atom. The molecule has 2 aromatic heterocycles. The van der Waals surface area contributed by atoms with Crippen LogP contribution in [0.1, 0.15) is 48.9 Å². The molecule has 0 radical (unpaired) electrons. The second-order valence-electron chi connectivity index (χ2n) is 6.95. The highest BCUT2D eigenvalue weighted by atomic mass is 16.3. The number of amides is 1. The minimum Gasteiger partial charge on any atom is -0.467 e. The number of tetrazole rings is 1. The molecule has 7 nitrogen and oxygen atoms in total. The van der Waals surface area contributed by atoms with E-state index < -0.39 is 0 Å². The molecule has 140 valence electrons. The van der Waals surface area contributed by atoms with Crippen LogP contribution >= 0.6 is 0 Å². The van der Waals surface area contributed by atoms with Crippen molar-refractivity contribution in [1.82, 2.24) is 25.1 Å². The van der Waals surface area contributed by atoms with E-state index in [1.807, 2.05) is 48.2 Å². The number of aromatic nitrogens is 4. The zero-order valence-corrected chi connectivity index (χ0v) is 15.4. The molecule has 0 N–H and O–H groups in total. The van der Waals surface area contributed by atoms with Gasteiger partial charge in [0.25, 0.3) is 0 Å². The Morgan fingerprint density at radius 1 is 1.19 bits per heavy atom. The maximum Gasteiger partial charge on any atom is 0.227 e. The van der Waals surface area contributed by atoms with Crippen molar-refractivity contribution in [3.63, 3.8) is 0 Å². The number of aryl methyl sites for hydroxylation is 1. The fraction of sp³-hybridized carbons (Fsp3) is 0.400. The van der Waals surface area contributed by atoms with Crippen molar-refractivity contribution >= 4 is 5.91 Å². The molecule has 1 aliphatic rings. The molecule has 1 aromatic carbocycles. The molecule has 7 heteroatoms. The van der Waals surface area contributed by atoms with E-state index in [-0.39, 0.29) is 11.9 Å². The summed E-state index contributed by atoms with van der Waals surface area (Å²) in [7, 11) is 0. The van der Waals surface area contributed by atoms with Crippen LogP contribution in [0.15, 0.2) is 47.1 Å². The lowest BCUT2D eigenvalue weighted by Gasteiger charge is -2.28.